The molecule has 2 saturated carbocycles. The summed E-state index contributed by atoms with van der Waals surface area (Å²) in [4.78, 5) is 0. The fraction of sp³-hybridized carbons (Fsp3) is 1.00. The van der Waals surface area contributed by atoms with Crippen LogP contribution in [-0.2, 0) is 4.74 Å². The number of aliphatic hydroxyl groups is 1. The first-order valence-corrected chi connectivity index (χ1v) is 7.29. The summed E-state index contributed by atoms with van der Waals surface area (Å²) in [5.41, 5.74) is 5.57. The van der Waals surface area contributed by atoms with Crippen molar-refractivity contribution in [2.45, 2.75) is 82.0 Å². The van der Waals surface area contributed by atoms with Crippen LogP contribution in [0.25, 0.3) is 0 Å². The zero-order valence-corrected chi connectivity index (χ0v) is 10.9. The van der Waals surface area contributed by atoms with Crippen LogP contribution in [0.5, 0.6) is 0 Å². The molecule has 2 fully saturated rings. The quantitative estimate of drug-likeness (QED) is 0.746. The van der Waals surface area contributed by atoms with Crippen molar-refractivity contribution in [2.24, 2.45) is 5.73 Å². The Balaban J connectivity index is 1.79. The molecule has 0 aromatic carbocycles. The molecule has 0 spiro atoms. The van der Waals surface area contributed by atoms with Crippen molar-refractivity contribution in [3.05, 3.63) is 0 Å². The van der Waals surface area contributed by atoms with Crippen molar-refractivity contribution in [2.75, 3.05) is 6.61 Å². The lowest BCUT2D eigenvalue weighted by Gasteiger charge is -2.34. The Bertz CT molecular complexity index is 226. The molecule has 3 heteroatoms. The Kier molecular flexibility index (Phi) is 4.83. The summed E-state index contributed by atoms with van der Waals surface area (Å²) in [5, 5.41) is 10.4. The Morgan fingerprint density at radius 2 is 1.65 bits per heavy atom. The molecule has 2 aliphatic carbocycles. The smallest absolute Gasteiger partial charge is 0.0880 e. The van der Waals surface area contributed by atoms with Gasteiger partial charge in [-0.1, -0.05) is 38.5 Å². The van der Waals surface area contributed by atoms with Crippen LogP contribution >= 0.6 is 0 Å². The summed E-state index contributed by atoms with van der Waals surface area (Å²) >= 11 is 0. The maximum Gasteiger partial charge on any atom is 0.0880 e. The highest BCUT2D eigenvalue weighted by atomic mass is 16.5. The van der Waals surface area contributed by atoms with E-state index in [1.165, 1.54) is 25.7 Å². The molecule has 2 aliphatic rings. The van der Waals surface area contributed by atoms with E-state index < -0.39 is 5.60 Å². The summed E-state index contributed by atoms with van der Waals surface area (Å²) in [6.07, 6.45) is 11.4. The van der Waals surface area contributed by atoms with Gasteiger partial charge in [-0.25, -0.2) is 0 Å². The molecule has 2 unspecified atom stereocenters. The fourth-order valence-electron chi connectivity index (χ4n) is 3.13. The second kappa shape index (κ2) is 6.17. The van der Waals surface area contributed by atoms with E-state index in [1.807, 2.05) is 0 Å². The molecule has 2 rings (SSSR count). The molecule has 0 aromatic rings. The predicted octanol–water partition coefficient (Wildman–Crippen LogP) is 2.36. The molecular formula is C14H27NO2. The van der Waals surface area contributed by atoms with Crippen molar-refractivity contribution in [3.8, 4) is 0 Å². The minimum Gasteiger partial charge on any atom is -0.387 e. The highest BCUT2D eigenvalue weighted by Crippen LogP contribution is 2.29. The maximum absolute atomic E-state index is 10.4. The number of ether oxygens (including phenoxy) is 1. The molecule has 0 radical (unpaired) electrons. The standard InChI is InChI=1S/C14H27NO2/c15-12-7-3-1-4-8-13(12)17-11-14(16)9-5-2-6-10-14/h12-13,16H,1-11,15H2. The second-order valence-electron chi connectivity index (χ2n) is 5.94. The van der Waals surface area contributed by atoms with Crippen molar-refractivity contribution in [1.82, 2.24) is 0 Å². The summed E-state index contributed by atoms with van der Waals surface area (Å²) < 4.78 is 5.94. The number of hydrogen-bond donors (Lipinski definition) is 2. The minimum absolute atomic E-state index is 0.170. The third-order valence-electron chi connectivity index (χ3n) is 4.35. The third-order valence-corrected chi connectivity index (χ3v) is 4.35. The minimum atomic E-state index is -0.565. The summed E-state index contributed by atoms with van der Waals surface area (Å²) in [5.74, 6) is 0. The summed E-state index contributed by atoms with van der Waals surface area (Å²) in [7, 11) is 0. The summed E-state index contributed by atoms with van der Waals surface area (Å²) in [6, 6.07) is 0.171. The maximum atomic E-state index is 10.4. The fourth-order valence-corrected chi connectivity index (χ4v) is 3.13. The largest absolute Gasteiger partial charge is 0.387 e. The van der Waals surface area contributed by atoms with E-state index in [0.717, 1.165) is 38.5 Å². The van der Waals surface area contributed by atoms with E-state index >= 15 is 0 Å². The third kappa shape index (κ3) is 3.94. The zero-order valence-electron chi connectivity index (χ0n) is 10.9. The first kappa shape index (κ1) is 13.3. The Morgan fingerprint density at radius 3 is 2.41 bits per heavy atom. The zero-order chi connectivity index (χ0) is 12.1. The molecule has 0 aromatic heterocycles. The normalized spacial score (nSPS) is 34.2. The lowest BCUT2D eigenvalue weighted by molar-refractivity contribution is -0.0963. The van der Waals surface area contributed by atoms with Crippen LogP contribution in [0.4, 0.5) is 0 Å². The molecule has 3 nitrogen and oxygen atoms in total. The highest BCUT2D eigenvalue weighted by molar-refractivity contribution is 4.84. The van der Waals surface area contributed by atoms with Gasteiger partial charge in [0.05, 0.1) is 18.3 Å². The van der Waals surface area contributed by atoms with Crippen LogP contribution in [0, 0.1) is 0 Å². The van der Waals surface area contributed by atoms with Crippen molar-refractivity contribution in [1.29, 1.82) is 0 Å². The highest BCUT2D eigenvalue weighted by Gasteiger charge is 2.31. The van der Waals surface area contributed by atoms with Crippen LogP contribution in [-0.4, -0.2) is 29.5 Å². The molecular weight excluding hydrogens is 214 g/mol. The lowest BCUT2D eigenvalue weighted by Crippen LogP contribution is -2.42. The van der Waals surface area contributed by atoms with Gasteiger partial charge in [-0.2, -0.15) is 0 Å². The number of nitrogens with two attached hydrogens (primary N) is 1. The van der Waals surface area contributed by atoms with Gasteiger partial charge in [-0.3, -0.25) is 0 Å². The molecule has 0 saturated heterocycles. The Morgan fingerprint density at radius 1 is 1.00 bits per heavy atom. The van der Waals surface area contributed by atoms with Gasteiger partial charge in [0.25, 0.3) is 0 Å². The molecule has 0 heterocycles. The predicted molar refractivity (Wildman–Crippen MR) is 68.8 cm³/mol. The van der Waals surface area contributed by atoms with Gasteiger partial charge in [-0.15, -0.1) is 0 Å². The number of rotatable bonds is 3. The average Bonchev–Trinajstić information content (AvgIpc) is 2.53. The van der Waals surface area contributed by atoms with Gasteiger partial charge in [-0.05, 0) is 25.7 Å². The molecule has 3 N–H and O–H groups in total. The van der Waals surface area contributed by atoms with Gasteiger partial charge in [0.1, 0.15) is 0 Å². The van der Waals surface area contributed by atoms with Crippen molar-refractivity contribution < 1.29 is 9.84 Å². The monoisotopic (exact) mass is 241 g/mol. The van der Waals surface area contributed by atoms with E-state index in [0.29, 0.717) is 6.61 Å². The molecule has 0 bridgehead atoms. The van der Waals surface area contributed by atoms with Crippen LogP contribution in [0.15, 0.2) is 0 Å². The molecule has 0 amide bonds. The second-order valence-corrected chi connectivity index (χ2v) is 5.94. The SMILES string of the molecule is NC1CCCCCC1OCC1(O)CCCCC1. The van der Waals surface area contributed by atoms with E-state index in [-0.39, 0.29) is 12.1 Å². The van der Waals surface area contributed by atoms with E-state index in [4.69, 9.17) is 10.5 Å². The first-order chi connectivity index (χ1) is 8.20. The van der Waals surface area contributed by atoms with E-state index in [9.17, 15) is 5.11 Å². The van der Waals surface area contributed by atoms with Gasteiger partial charge in [0, 0.05) is 6.04 Å². The van der Waals surface area contributed by atoms with Gasteiger partial charge >= 0.3 is 0 Å². The molecule has 2 atom stereocenters. The first-order valence-electron chi connectivity index (χ1n) is 7.29. The van der Waals surface area contributed by atoms with E-state index in [2.05, 4.69) is 0 Å². The van der Waals surface area contributed by atoms with Crippen LogP contribution in [0.3, 0.4) is 0 Å². The van der Waals surface area contributed by atoms with Crippen LogP contribution in [0.2, 0.25) is 0 Å². The molecule has 17 heavy (non-hydrogen) atoms. The Labute approximate surface area is 105 Å². The van der Waals surface area contributed by atoms with E-state index in [1.54, 1.807) is 0 Å². The molecule has 100 valence electrons. The number of hydrogen-bond acceptors (Lipinski definition) is 3. The van der Waals surface area contributed by atoms with Crippen LogP contribution < -0.4 is 5.73 Å². The lowest BCUT2D eigenvalue weighted by atomic mass is 9.85. The van der Waals surface area contributed by atoms with Gasteiger partial charge in [0.2, 0.25) is 0 Å². The van der Waals surface area contributed by atoms with Crippen molar-refractivity contribution in [3.63, 3.8) is 0 Å². The molecule has 0 aliphatic heterocycles. The van der Waals surface area contributed by atoms with Crippen molar-refractivity contribution >= 4 is 0 Å². The van der Waals surface area contributed by atoms with Crippen LogP contribution in [0.1, 0.15) is 64.2 Å². The van der Waals surface area contributed by atoms with Gasteiger partial charge in [0.15, 0.2) is 0 Å². The topological polar surface area (TPSA) is 55.5 Å². The van der Waals surface area contributed by atoms with Gasteiger partial charge < -0.3 is 15.6 Å². The summed E-state index contributed by atoms with van der Waals surface area (Å²) in [6.45, 7) is 0.491. The Hall–Kier alpha value is -0.120. The average molecular weight is 241 g/mol.